The van der Waals surface area contributed by atoms with Crippen molar-refractivity contribution in [3.63, 3.8) is 0 Å². The average molecular weight is 345 g/mol. The summed E-state index contributed by atoms with van der Waals surface area (Å²) in [7, 11) is 1.39. The van der Waals surface area contributed by atoms with Gasteiger partial charge in [0.15, 0.2) is 0 Å². The lowest BCUT2D eigenvalue weighted by atomic mass is 10.0. The number of benzene rings is 1. The monoisotopic (exact) mass is 345 g/mol. The van der Waals surface area contributed by atoms with Crippen LogP contribution >= 0.6 is 11.3 Å². The molecule has 1 aliphatic heterocycles. The molecular formula is C19H23NO3S. The van der Waals surface area contributed by atoms with Crippen molar-refractivity contribution < 1.29 is 14.6 Å². The number of hydrogen-bond donors (Lipinski definition) is 1. The summed E-state index contributed by atoms with van der Waals surface area (Å²) in [5.41, 5.74) is 1.76. The van der Waals surface area contributed by atoms with E-state index in [-0.39, 0.29) is 12.1 Å². The van der Waals surface area contributed by atoms with Gasteiger partial charge in [-0.15, -0.1) is 11.3 Å². The highest BCUT2D eigenvalue weighted by Crippen LogP contribution is 2.30. The molecule has 24 heavy (non-hydrogen) atoms. The number of nitrogens with zero attached hydrogens (tertiary/aromatic N) is 1. The fourth-order valence-electron chi connectivity index (χ4n) is 3.32. The molecule has 5 heteroatoms. The molecule has 2 aromatic rings. The molecule has 1 aliphatic rings. The van der Waals surface area contributed by atoms with E-state index in [0.717, 1.165) is 30.8 Å². The summed E-state index contributed by atoms with van der Waals surface area (Å²) in [6.45, 7) is 1.91. The standard InChI is InChI=1S/C19H23NO3S/c1-23-19(22)15-8-6-14(7-9-15)13-20-10-2-4-16(20)12-17(21)18-5-3-11-24-18/h3,5-9,11,16-17,21H,2,4,10,12-13H2,1H3. The SMILES string of the molecule is COC(=O)c1ccc(CN2CCCC2CC(O)c2cccs2)cc1. The quantitative estimate of drug-likeness (QED) is 0.813. The number of aliphatic hydroxyl groups excluding tert-OH is 1. The Bertz CT molecular complexity index is 654. The minimum atomic E-state index is -0.377. The predicted molar refractivity (Wildman–Crippen MR) is 95.1 cm³/mol. The van der Waals surface area contributed by atoms with E-state index < -0.39 is 0 Å². The third-order valence-electron chi connectivity index (χ3n) is 4.63. The lowest BCUT2D eigenvalue weighted by Crippen LogP contribution is -2.30. The Labute approximate surface area is 146 Å². The van der Waals surface area contributed by atoms with Crippen molar-refractivity contribution in [2.45, 2.75) is 38.0 Å². The summed E-state index contributed by atoms with van der Waals surface area (Å²) in [5.74, 6) is -0.306. The van der Waals surface area contributed by atoms with E-state index in [2.05, 4.69) is 4.90 Å². The molecule has 1 N–H and O–H groups in total. The molecule has 1 saturated heterocycles. The smallest absolute Gasteiger partial charge is 0.337 e. The zero-order valence-electron chi connectivity index (χ0n) is 13.9. The molecule has 0 amide bonds. The number of hydrogen-bond acceptors (Lipinski definition) is 5. The van der Waals surface area contributed by atoms with Gasteiger partial charge in [0, 0.05) is 17.5 Å². The molecule has 1 fully saturated rings. The number of esters is 1. The molecule has 2 unspecified atom stereocenters. The lowest BCUT2D eigenvalue weighted by molar-refractivity contribution is 0.0600. The number of ether oxygens (including phenoxy) is 1. The van der Waals surface area contributed by atoms with Gasteiger partial charge in [-0.1, -0.05) is 18.2 Å². The van der Waals surface area contributed by atoms with Gasteiger partial charge in [-0.25, -0.2) is 4.79 Å². The number of rotatable bonds is 6. The van der Waals surface area contributed by atoms with E-state index in [1.54, 1.807) is 11.3 Å². The van der Waals surface area contributed by atoms with E-state index in [1.807, 2.05) is 41.8 Å². The minimum Gasteiger partial charge on any atom is -0.465 e. The molecule has 0 radical (unpaired) electrons. The van der Waals surface area contributed by atoms with Gasteiger partial charge in [-0.3, -0.25) is 4.90 Å². The van der Waals surface area contributed by atoms with Crippen molar-refractivity contribution in [2.75, 3.05) is 13.7 Å². The first kappa shape index (κ1) is 17.1. The number of likely N-dealkylation sites (tertiary alicyclic amines) is 1. The highest BCUT2D eigenvalue weighted by molar-refractivity contribution is 7.10. The second-order valence-electron chi connectivity index (χ2n) is 6.22. The van der Waals surface area contributed by atoms with Crippen LogP contribution in [0.1, 0.15) is 46.2 Å². The van der Waals surface area contributed by atoms with E-state index in [1.165, 1.54) is 19.1 Å². The number of carbonyl (C=O) groups is 1. The van der Waals surface area contributed by atoms with Crippen LogP contribution in [-0.2, 0) is 11.3 Å². The van der Waals surface area contributed by atoms with Crippen LogP contribution in [0, 0.1) is 0 Å². The fraction of sp³-hybridized carbons (Fsp3) is 0.421. The van der Waals surface area contributed by atoms with Crippen LogP contribution in [0.5, 0.6) is 0 Å². The van der Waals surface area contributed by atoms with Gasteiger partial charge in [-0.05, 0) is 54.9 Å². The van der Waals surface area contributed by atoms with Gasteiger partial charge >= 0.3 is 5.97 Å². The first-order valence-electron chi connectivity index (χ1n) is 8.30. The Hall–Kier alpha value is -1.69. The molecule has 2 atom stereocenters. The normalized spacial score (nSPS) is 19.3. The van der Waals surface area contributed by atoms with Crippen molar-refractivity contribution >= 4 is 17.3 Å². The highest BCUT2D eigenvalue weighted by atomic mass is 32.1. The third-order valence-corrected chi connectivity index (χ3v) is 5.60. The van der Waals surface area contributed by atoms with Crippen LogP contribution in [0.15, 0.2) is 41.8 Å². The van der Waals surface area contributed by atoms with Crippen LogP contribution in [0.4, 0.5) is 0 Å². The molecule has 128 valence electrons. The molecule has 1 aromatic carbocycles. The van der Waals surface area contributed by atoms with Gasteiger partial charge in [0.05, 0.1) is 18.8 Å². The van der Waals surface area contributed by atoms with E-state index in [9.17, 15) is 9.90 Å². The molecule has 4 nitrogen and oxygen atoms in total. The Morgan fingerprint density at radius 2 is 2.17 bits per heavy atom. The van der Waals surface area contributed by atoms with E-state index in [4.69, 9.17) is 4.74 Å². The maximum absolute atomic E-state index is 11.5. The molecule has 2 heterocycles. The third kappa shape index (κ3) is 4.04. The first-order valence-corrected chi connectivity index (χ1v) is 9.18. The van der Waals surface area contributed by atoms with Crippen LogP contribution in [0.2, 0.25) is 0 Å². The first-order chi connectivity index (χ1) is 11.7. The molecule has 0 saturated carbocycles. The predicted octanol–water partition coefficient (Wildman–Crippen LogP) is 3.62. The zero-order valence-corrected chi connectivity index (χ0v) is 14.7. The van der Waals surface area contributed by atoms with Gasteiger partial charge in [0.2, 0.25) is 0 Å². The van der Waals surface area contributed by atoms with Crippen molar-refractivity contribution in [2.24, 2.45) is 0 Å². The van der Waals surface area contributed by atoms with Gasteiger partial charge < -0.3 is 9.84 Å². The Morgan fingerprint density at radius 1 is 1.38 bits per heavy atom. The molecule has 0 bridgehead atoms. The highest BCUT2D eigenvalue weighted by Gasteiger charge is 2.27. The lowest BCUT2D eigenvalue weighted by Gasteiger charge is -2.26. The summed E-state index contributed by atoms with van der Waals surface area (Å²) < 4.78 is 4.73. The largest absolute Gasteiger partial charge is 0.465 e. The van der Waals surface area contributed by atoms with Crippen molar-refractivity contribution in [1.29, 1.82) is 0 Å². The van der Waals surface area contributed by atoms with Crippen LogP contribution < -0.4 is 0 Å². The van der Waals surface area contributed by atoms with Crippen LogP contribution in [-0.4, -0.2) is 35.7 Å². The van der Waals surface area contributed by atoms with Crippen molar-refractivity contribution in [3.05, 3.63) is 57.8 Å². The van der Waals surface area contributed by atoms with Gasteiger partial charge in [-0.2, -0.15) is 0 Å². The maximum Gasteiger partial charge on any atom is 0.337 e. The number of aliphatic hydroxyl groups is 1. The van der Waals surface area contributed by atoms with Gasteiger partial charge in [0.25, 0.3) is 0 Å². The summed E-state index contributed by atoms with van der Waals surface area (Å²) >= 11 is 1.61. The molecule has 0 spiro atoms. The number of carbonyl (C=O) groups excluding carboxylic acids is 1. The zero-order chi connectivity index (χ0) is 16.9. The molecular weight excluding hydrogens is 322 g/mol. The summed E-state index contributed by atoms with van der Waals surface area (Å²) in [5, 5.41) is 12.4. The Morgan fingerprint density at radius 3 is 2.83 bits per heavy atom. The van der Waals surface area contributed by atoms with Crippen LogP contribution in [0.25, 0.3) is 0 Å². The molecule has 3 rings (SSSR count). The number of methoxy groups -OCH3 is 1. The minimum absolute atomic E-state index is 0.306. The van der Waals surface area contributed by atoms with E-state index >= 15 is 0 Å². The maximum atomic E-state index is 11.5. The summed E-state index contributed by atoms with van der Waals surface area (Å²) in [6, 6.07) is 12.0. The average Bonchev–Trinajstić information content (AvgIpc) is 3.27. The fourth-order valence-corrected chi connectivity index (χ4v) is 4.05. The number of thiophene rings is 1. The Balaban J connectivity index is 1.60. The summed E-state index contributed by atoms with van der Waals surface area (Å²) in [6.07, 6.45) is 2.70. The summed E-state index contributed by atoms with van der Waals surface area (Å²) in [4.78, 5) is 15.0. The van der Waals surface area contributed by atoms with E-state index in [0.29, 0.717) is 11.6 Å². The topological polar surface area (TPSA) is 49.8 Å². The Kier molecular flexibility index (Phi) is 5.66. The molecule has 0 aliphatic carbocycles. The van der Waals surface area contributed by atoms with Crippen molar-refractivity contribution in [1.82, 2.24) is 4.90 Å². The second-order valence-corrected chi connectivity index (χ2v) is 7.20. The second kappa shape index (κ2) is 7.92. The van der Waals surface area contributed by atoms with Gasteiger partial charge in [0.1, 0.15) is 0 Å². The van der Waals surface area contributed by atoms with Crippen molar-refractivity contribution in [3.8, 4) is 0 Å². The molecule has 1 aromatic heterocycles. The van der Waals surface area contributed by atoms with Crippen LogP contribution in [0.3, 0.4) is 0 Å².